The number of aryl methyl sites for hydroxylation is 1. The summed E-state index contributed by atoms with van der Waals surface area (Å²) < 4.78 is 2.07. The van der Waals surface area contributed by atoms with Gasteiger partial charge in [0.2, 0.25) is 5.82 Å². The second kappa shape index (κ2) is 4.97. The zero-order valence-electron chi connectivity index (χ0n) is 12.1. The fourth-order valence-electron chi connectivity index (χ4n) is 2.56. The van der Waals surface area contributed by atoms with E-state index in [0.29, 0.717) is 5.82 Å². The van der Waals surface area contributed by atoms with E-state index in [9.17, 15) is 4.79 Å². The summed E-state index contributed by atoms with van der Waals surface area (Å²) in [5, 5.41) is 13.9. The van der Waals surface area contributed by atoms with Crippen LogP contribution in [0.3, 0.4) is 0 Å². The van der Waals surface area contributed by atoms with Gasteiger partial charge in [-0.1, -0.05) is 0 Å². The molecule has 0 fully saturated rings. The Bertz CT molecular complexity index is 784. The second-order valence-corrected chi connectivity index (χ2v) is 4.96. The van der Waals surface area contributed by atoms with Crippen molar-refractivity contribution in [1.82, 2.24) is 25.2 Å². The molecule has 0 amide bonds. The van der Waals surface area contributed by atoms with Gasteiger partial charge in [0.1, 0.15) is 0 Å². The van der Waals surface area contributed by atoms with Crippen LogP contribution in [0.25, 0.3) is 17.1 Å². The molecule has 0 radical (unpaired) electrons. The number of hydrogen-bond donors (Lipinski definition) is 1. The van der Waals surface area contributed by atoms with Crippen LogP contribution in [0.5, 0.6) is 0 Å². The lowest BCUT2D eigenvalue weighted by Gasteiger charge is -2.10. The molecule has 6 heteroatoms. The van der Waals surface area contributed by atoms with Crippen LogP contribution >= 0.6 is 0 Å². The summed E-state index contributed by atoms with van der Waals surface area (Å²) in [5.74, 6) is 0.643. The molecule has 1 N–H and O–H groups in total. The van der Waals surface area contributed by atoms with E-state index in [0.717, 1.165) is 28.2 Å². The Hall–Kier alpha value is -2.76. The van der Waals surface area contributed by atoms with Gasteiger partial charge in [-0.15, -0.1) is 10.2 Å². The molecule has 6 nitrogen and oxygen atoms in total. The van der Waals surface area contributed by atoms with Crippen LogP contribution in [-0.2, 0) is 0 Å². The summed E-state index contributed by atoms with van der Waals surface area (Å²) in [4.78, 5) is 11.6. The van der Waals surface area contributed by atoms with E-state index in [1.807, 2.05) is 44.2 Å². The van der Waals surface area contributed by atoms with Crippen LogP contribution in [0, 0.1) is 13.8 Å². The van der Waals surface area contributed by atoms with Gasteiger partial charge < -0.3 is 4.57 Å². The molecule has 0 bridgehead atoms. The highest BCUT2D eigenvalue weighted by Crippen LogP contribution is 2.23. The number of Topliss-reactive ketones (excluding diaryl/α,β-unsaturated/α-hetero) is 1. The zero-order chi connectivity index (χ0) is 15.0. The second-order valence-electron chi connectivity index (χ2n) is 4.96. The third-order valence-electron chi connectivity index (χ3n) is 3.54. The lowest BCUT2D eigenvalue weighted by molar-refractivity contribution is 0.101. The molecule has 0 aliphatic carbocycles. The number of hydrogen-bond acceptors (Lipinski definition) is 4. The highest BCUT2D eigenvalue weighted by atomic mass is 16.1. The van der Waals surface area contributed by atoms with E-state index >= 15 is 0 Å². The molecule has 3 aromatic rings. The third kappa shape index (κ3) is 2.24. The molecule has 0 saturated carbocycles. The fourth-order valence-corrected chi connectivity index (χ4v) is 2.56. The van der Waals surface area contributed by atoms with Crippen LogP contribution in [0.15, 0.2) is 30.3 Å². The number of carbonyl (C=O) groups excluding carboxylic acids is 1. The Balaban J connectivity index is 2.04. The predicted molar refractivity (Wildman–Crippen MR) is 78.4 cm³/mol. The average molecular weight is 281 g/mol. The first-order valence-electron chi connectivity index (χ1n) is 6.62. The Morgan fingerprint density at radius 2 is 1.90 bits per heavy atom. The normalized spacial score (nSPS) is 10.8. The van der Waals surface area contributed by atoms with Crippen LogP contribution in [0.2, 0.25) is 0 Å². The summed E-state index contributed by atoms with van der Waals surface area (Å²) in [6.45, 7) is 5.54. The number of aromatic amines is 1. The van der Waals surface area contributed by atoms with E-state index in [1.54, 1.807) is 6.92 Å². The molecule has 0 aliphatic rings. The van der Waals surface area contributed by atoms with Crippen molar-refractivity contribution in [2.75, 3.05) is 0 Å². The average Bonchev–Trinajstić information content (AvgIpc) is 3.08. The summed E-state index contributed by atoms with van der Waals surface area (Å²) in [6.07, 6.45) is 0. The smallest absolute Gasteiger partial charge is 0.204 e. The summed E-state index contributed by atoms with van der Waals surface area (Å²) in [6, 6.07) is 9.76. The molecule has 106 valence electrons. The number of H-pyrrole nitrogens is 1. The molecule has 3 rings (SSSR count). The van der Waals surface area contributed by atoms with Crippen molar-refractivity contribution in [3.8, 4) is 17.1 Å². The molecule has 0 saturated heterocycles. The van der Waals surface area contributed by atoms with Gasteiger partial charge in [-0.2, -0.15) is 5.21 Å². The Morgan fingerprint density at radius 1 is 1.19 bits per heavy atom. The Labute approximate surface area is 121 Å². The number of benzene rings is 1. The molecular weight excluding hydrogens is 266 g/mol. The minimum atomic E-state index is 0.0813. The topological polar surface area (TPSA) is 76.5 Å². The van der Waals surface area contributed by atoms with Crippen LogP contribution in [0.1, 0.15) is 28.7 Å². The van der Waals surface area contributed by atoms with Gasteiger partial charge in [-0.25, -0.2) is 0 Å². The van der Waals surface area contributed by atoms with Crippen molar-refractivity contribution in [2.24, 2.45) is 0 Å². The van der Waals surface area contributed by atoms with Crippen LogP contribution in [0.4, 0.5) is 0 Å². The van der Waals surface area contributed by atoms with E-state index in [-0.39, 0.29) is 5.78 Å². The van der Waals surface area contributed by atoms with Gasteiger partial charge in [0.15, 0.2) is 5.78 Å². The molecule has 0 aliphatic heterocycles. The number of tetrazole rings is 1. The summed E-state index contributed by atoms with van der Waals surface area (Å²) in [7, 11) is 0. The zero-order valence-corrected chi connectivity index (χ0v) is 12.1. The van der Waals surface area contributed by atoms with Gasteiger partial charge in [-0.3, -0.25) is 4.79 Å². The molecule has 2 aromatic heterocycles. The first-order valence-corrected chi connectivity index (χ1v) is 6.62. The third-order valence-corrected chi connectivity index (χ3v) is 3.54. The fraction of sp³-hybridized carbons (Fsp3) is 0.200. The monoisotopic (exact) mass is 281 g/mol. The lowest BCUT2D eigenvalue weighted by Crippen LogP contribution is -2.01. The largest absolute Gasteiger partial charge is 0.318 e. The van der Waals surface area contributed by atoms with Gasteiger partial charge in [0, 0.05) is 28.2 Å². The van der Waals surface area contributed by atoms with Gasteiger partial charge >= 0.3 is 0 Å². The van der Waals surface area contributed by atoms with E-state index < -0.39 is 0 Å². The SMILES string of the molecule is CC(=O)c1cc(C)n(-c2ccc(-c3nn[nH]n3)cc2)c1C. The van der Waals surface area contributed by atoms with E-state index in [2.05, 4.69) is 25.2 Å². The standard InChI is InChI=1S/C15H15N5O/c1-9-8-14(11(3)21)10(2)20(9)13-6-4-12(5-7-13)15-16-18-19-17-15/h4-8H,1-3H3,(H,16,17,18,19). The molecule has 0 spiro atoms. The number of ketones is 1. The molecular formula is C15H15N5O. The molecule has 0 atom stereocenters. The maximum absolute atomic E-state index is 11.6. The molecule has 1 aromatic carbocycles. The van der Waals surface area contributed by atoms with Gasteiger partial charge in [-0.05, 0) is 56.3 Å². The van der Waals surface area contributed by atoms with Crippen molar-refractivity contribution in [1.29, 1.82) is 0 Å². The van der Waals surface area contributed by atoms with Crippen LogP contribution in [-0.4, -0.2) is 31.0 Å². The number of carbonyl (C=O) groups is 1. The first-order chi connectivity index (χ1) is 10.1. The van der Waals surface area contributed by atoms with Crippen molar-refractivity contribution >= 4 is 5.78 Å². The number of nitrogens with zero attached hydrogens (tertiary/aromatic N) is 4. The Morgan fingerprint density at radius 3 is 2.43 bits per heavy atom. The quantitative estimate of drug-likeness (QED) is 0.748. The lowest BCUT2D eigenvalue weighted by atomic mass is 10.1. The Kier molecular flexibility index (Phi) is 3.13. The minimum absolute atomic E-state index is 0.0813. The van der Waals surface area contributed by atoms with E-state index in [1.165, 1.54) is 0 Å². The highest BCUT2D eigenvalue weighted by Gasteiger charge is 2.13. The molecule has 0 unspecified atom stereocenters. The highest BCUT2D eigenvalue weighted by molar-refractivity contribution is 5.95. The van der Waals surface area contributed by atoms with Crippen molar-refractivity contribution in [3.63, 3.8) is 0 Å². The summed E-state index contributed by atoms with van der Waals surface area (Å²) >= 11 is 0. The van der Waals surface area contributed by atoms with Crippen LogP contribution < -0.4 is 0 Å². The maximum Gasteiger partial charge on any atom is 0.204 e. The molecule has 2 heterocycles. The number of rotatable bonds is 3. The predicted octanol–water partition coefficient (Wildman–Crippen LogP) is 2.48. The first kappa shape index (κ1) is 13.2. The van der Waals surface area contributed by atoms with Gasteiger partial charge in [0.05, 0.1) is 0 Å². The number of nitrogens with one attached hydrogen (secondary N) is 1. The van der Waals surface area contributed by atoms with Crippen molar-refractivity contribution < 1.29 is 4.79 Å². The summed E-state index contributed by atoms with van der Waals surface area (Å²) in [5.41, 5.74) is 4.64. The van der Waals surface area contributed by atoms with Gasteiger partial charge in [0.25, 0.3) is 0 Å². The maximum atomic E-state index is 11.6. The number of aromatic nitrogens is 5. The van der Waals surface area contributed by atoms with Crippen molar-refractivity contribution in [3.05, 3.63) is 47.3 Å². The molecule has 21 heavy (non-hydrogen) atoms. The minimum Gasteiger partial charge on any atom is -0.318 e. The van der Waals surface area contributed by atoms with Crippen molar-refractivity contribution in [2.45, 2.75) is 20.8 Å². The van der Waals surface area contributed by atoms with E-state index in [4.69, 9.17) is 0 Å².